The van der Waals surface area contributed by atoms with E-state index in [0.717, 1.165) is 30.2 Å². The van der Waals surface area contributed by atoms with Crippen LogP contribution in [0.15, 0.2) is 30.5 Å². The third kappa shape index (κ3) is 3.71. The molecule has 6 nitrogen and oxygen atoms in total. The van der Waals surface area contributed by atoms with Gasteiger partial charge in [0.25, 0.3) is 0 Å². The molecule has 0 bridgehead atoms. The molecule has 1 aliphatic carbocycles. The van der Waals surface area contributed by atoms with Crippen LogP contribution in [0.1, 0.15) is 49.4 Å². The minimum atomic E-state index is -0.644. The molecule has 2 atom stereocenters. The molecule has 2 heterocycles. The van der Waals surface area contributed by atoms with Crippen LogP contribution in [0.2, 0.25) is 0 Å². The number of hydrogen-bond acceptors (Lipinski definition) is 4. The molecule has 1 aliphatic heterocycles. The number of rotatable bonds is 7. The third-order valence-electron chi connectivity index (χ3n) is 6.61. The van der Waals surface area contributed by atoms with Crippen LogP contribution in [-0.2, 0) is 11.3 Å². The molecule has 4 rings (SSSR count). The summed E-state index contributed by atoms with van der Waals surface area (Å²) in [5.74, 6) is 0.264. The van der Waals surface area contributed by atoms with E-state index in [1.165, 1.54) is 0 Å². The highest BCUT2D eigenvalue weighted by Gasteiger charge is 2.43. The highest BCUT2D eigenvalue weighted by Crippen LogP contribution is 2.36. The molecule has 1 aromatic heterocycles. The van der Waals surface area contributed by atoms with Crippen molar-refractivity contribution in [3.8, 4) is 0 Å². The Morgan fingerprint density at radius 3 is 2.66 bits per heavy atom. The van der Waals surface area contributed by atoms with E-state index >= 15 is 0 Å². The molecular weight excluding hydrogens is 368 g/mol. The van der Waals surface area contributed by atoms with Gasteiger partial charge in [-0.25, -0.2) is 0 Å². The minimum Gasteiger partial charge on any atom is -0.396 e. The van der Waals surface area contributed by atoms with Crippen LogP contribution in [0.3, 0.4) is 0 Å². The number of Topliss-reactive ketones (excluding diaryl/α,β-unsaturated/α-hetero) is 1. The Bertz CT molecular complexity index is 917. The van der Waals surface area contributed by atoms with Gasteiger partial charge in [0.1, 0.15) is 6.54 Å². The maximum Gasteiger partial charge on any atom is 0.242 e. The fraction of sp³-hybridized carbons (Fsp3) is 0.565. The van der Waals surface area contributed by atoms with E-state index in [4.69, 9.17) is 0 Å². The summed E-state index contributed by atoms with van der Waals surface area (Å²) in [5.41, 5.74) is 0.957. The monoisotopic (exact) mass is 398 g/mol. The quantitative estimate of drug-likeness (QED) is 0.703. The van der Waals surface area contributed by atoms with Crippen LogP contribution >= 0.6 is 0 Å². The second-order valence-corrected chi connectivity index (χ2v) is 8.72. The number of benzene rings is 1. The average molecular weight is 399 g/mol. The summed E-state index contributed by atoms with van der Waals surface area (Å²) in [6.45, 7) is 2.90. The Morgan fingerprint density at radius 1 is 1.21 bits per heavy atom. The zero-order valence-electron chi connectivity index (χ0n) is 17.0. The molecular formula is C23H30N2O4. The van der Waals surface area contributed by atoms with Crippen LogP contribution < -0.4 is 0 Å². The van der Waals surface area contributed by atoms with Crippen molar-refractivity contribution >= 4 is 22.6 Å². The number of aromatic nitrogens is 1. The van der Waals surface area contributed by atoms with E-state index in [0.29, 0.717) is 31.5 Å². The number of carbonyl (C=O) groups is 2. The van der Waals surface area contributed by atoms with Crippen molar-refractivity contribution in [3.05, 3.63) is 36.0 Å². The first-order valence-electron chi connectivity index (χ1n) is 10.7. The molecule has 0 unspecified atom stereocenters. The van der Waals surface area contributed by atoms with Crippen LogP contribution in [-0.4, -0.2) is 57.2 Å². The third-order valence-corrected chi connectivity index (χ3v) is 6.61. The van der Waals surface area contributed by atoms with E-state index in [2.05, 4.69) is 0 Å². The molecule has 0 radical (unpaired) electrons. The first-order chi connectivity index (χ1) is 14.0. The molecule has 2 aromatic rings. The van der Waals surface area contributed by atoms with Gasteiger partial charge >= 0.3 is 0 Å². The van der Waals surface area contributed by atoms with Crippen molar-refractivity contribution in [1.82, 2.24) is 9.47 Å². The lowest BCUT2D eigenvalue weighted by Gasteiger charge is -2.45. The number of hydrogen-bond donors (Lipinski definition) is 2. The van der Waals surface area contributed by atoms with Gasteiger partial charge in [-0.2, -0.15) is 0 Å². The molecule has 29 heavy (non-hydrogen) atoms. The molecule has 1 aromatic carbocycles. The van der Waals surface area contributed by atoms with Crippen molar-refractivity contribution < 1.29 is 19.8 Å². The fourth-order valence-electron chi connectivity index (χ4n) is 4.72. The van der Waals surface area contributed by atoms with Crippen LogP contribution in [0, 0.1) is 11.3 Å². The first-order valence-corrected chi connectivity index (χ1v) is 10.7. The number of ketones is 1. The zero-order valence-corrected chi connectivity index (χ0v) is 17.0. The molecule has 2 aliphatic rings. The Morgan fingerprint density at radius 2 is 1.97 bits per heavy atom. The zero-order chi connectivity index (χ0) is 20.6. The number of carbonyl (C=O) groups excluding carboxylic acids is 2. The average Bonchev–Trinajstić information content (AvgIpc) is 3.52. The van der Waals surface area contributed by atoms with Crippen LogP contribution in [0.4, 0.5) is 0 Å². The summed E-state index contributed by atoms with van der Waals surface area (Å²) in [6.07, 6.45) is 5.14. The normalized spacial score (nSPS) is 24.8. The summed E-state index contributed by atoms with van der Waals surface area (Å²) in [5, 5.41) is 21.3. The highest BCUT2D eigenvalue weighted by atomic mass is 16.3. The molecule has 156 valence electrons. The van der Waals surface area contributed by atoms with Gasteiger partial charge in [0.05, 0.1) is 12.7 Å². The molecule has 2 N–H and O–H groups in total. The number of nitrogens with zero attached hydrogens (tertiary/aromatic N) is 2. The van der Waals surface area contributed by atoms with E-state index in [9.17, 15) is 19.8 Å². The first kappa shape index (κ1) is 20.1. The Balaban J connectivity index is 1.57. The van der Waals surface area contributed by atoms with Crippen molar-refractivity contribution in [2.75, 3.05) is 19.7 Å². The molecule has 1 saturated heterocycles. The number of aliphatic hydroxyl groups is 2. The molecule has 1 saturated carbocycles. The van der Waals surface area contributed by atoms with E-state index in [1.54, 1.807) is 4.90 Å². The standard InChI is InChI=1S/C23H30N2O4/c1-2-10-23(15-26)14-24(11-9-20(23)27)21(28)13-25-12-18(22(29)16-7-8-16)17-5-3-4-6-19(17)25/h3-6,12,16,20,26-27H,2,7-11,13-15H2,1H3/t20-,23-/m0/s1. The predicted octanol–water partition coefficient (Wildman–Crippen LogP) is 2.61. The van der Waals surface area contributed by atoms with Crippen LogP contribution in [0.25, 0.3) is 10.9 Å². The summed E-state index contributed by atoms with van der Waals surface area (Å²) < 4.78 is 1.87. The number of aliphatic hydroxyl groups excluding tert-OH is 2. The fourth-order valence-corrected chi connectivity index (χ4v) is 4.72. The second-order valence-electron chi connectivity index (χ2n) is 8.72. The van der Waals surface area contributed by atoms with Gasteiger partial charge in [-0.1, -0.05) is 31.5 Å². The number of amides is 1. The predicted molar refractivity (Wildman–Crippen MR) is 111 cm³/mol. The Hall–Kier alpha value is -2.18. The molecule has 6 heteroatoms. The van der Waals surface area contributed by atoms with Crippen molar-refractivity contribution in [2.45, 2.75) is 51.7 Å². The molecule has 1 amide bonds. The SMILES string of the molecule is CCC[C@@]1(CO)CN(C(=O)Cn2cc(C(=O)C3CC3)c3ccccc32)CC[C@@H]1O. The van der Waals surface area contributed by atoms with Crippen molar-refractivity contribution in [3.63, 3.8) is 0 Å². The van der Waals surface area contributed by atoms with Gasteiger partial charge in [0.15, 0.2) is 5.78 Å². The summed E-state index contributed by atoms with van der Waals surface area (Å²) >= 11 is 0. The Kier molecular flexibility index (Phi) is 5.49. The molecule has 0 spiro atoms. The number of para-hydroxylation sites is 1. The van der Waals surface area contributed by atoms with Crippen LogP contribution in [0.5, 0.6) is 0 Å². The highest BCUT2D eigenvalue weighted by molar-refractivity contribution is 6.10. The van der Waals surface area contributed by atoms with Gasteiger partial charge in [-0.05, 0) is 31.7 Å². The van der Waals surface area contributed by atoms with Gasteiger partial charge in [0.2, 0.25) is 5.91 Å². The van der Waals surface area contributed by atoms with Gasteiger partial charge in [-0.15, -0.1) is 0 Å². The maximum absolute atomic E-state index is 13.1. The number of piperidine rings is 1. The van der Waals surface area contributed by atoms with E-state index < -0.39 is 11.5 Å². The maximum atomic E-state index is 13.1. The summed E-state index contributed by atoms with van der Waals surface area (Å²) in [4.78, 5) is 27.6. The van der Waals surface area contributed by atoms with E-state index in [1.807, 2.05) is 42.0 Å². The second kappa shape index (κ2) is 7.92. The summed E-state index contributed by atoms with van der Waals surface area (Å²) in [7, 11) is 0. The lowest BCUT2D eigenvalue weighted by molar-refractivity contribution is -0.143. The number of fused-ring (bicyclic) bond motifs is 1. The van der Waals surface area contributed by atoms with Crippen molar-refractivity contribution in [2.24, 2.45) is 11.3 Å². The topological polar surface area (TPSA) is 82.8 Å². The Labute approximate surface area is 171 Å². The van der Waals surface area contributed by atoms with Gasteiger partial charge in [0, 0.05) is 47.1 Å². The minimum absolute atomic E-state index is 0.0444. The smallest absolute Gasteiger partial charge is 0.242 e. The van der Waals surface area contributed by atoms with Gasteiger partial charge < -0.3 is 19.7 Å². The lowest BCUT2D eigenvalue weighted by atomic mass is 9.74. The number of likely N-dealkylation sites (tertiary alicyclic amines) is 1. The van der Waals surface area contributed by atoms with Gasteiger partial charge in [-0.3, -0.25) is 9.59 Å². The largest absolute Gasteiger partial charge is 0.396 e. The summed E-state index contributed by atoms with van der Waals surface area (Å²) in [6, 6.07) is 7.73. The van der Waals surface area contributed by atoms with E-state index in [-0.39, 0.29) is 30.8 Å². The van der Waals surface area contributed by atoms with Crippen molar-refractivity contribution in [1.29, 1.82) is 0 Å². The lowest BCUT2D eigenvalue weighted by Crippen LogP contribution is -2.55. The molecule has 2 fully saturated rings.